The molecule has 3 aromatic rings. The molecule has 2 aromatic heterocycles. The van der Waals surface area contributed by atoms with Crippen LogP contribution in [0.5, 0.6) is 0 Å². The average molecular weight is 419 g/mol. The summed E-state index contributed by atoms with van der Waals surface area (Å²) in [7, 11) is 0. The van der Waals surface area contributed by atoms with Crippen LogP contribution in [-0.2, 0) is 6.54 Å². The number of hydrogen-bond acceptors (Lipinski definition) is 5. The maximum atomic E-state index is 13.0. The number of pyridine rings is 1. The molecule has 0 unspecified atom stereocenters. The Hall–Kier alpha value is -2.93. The molecule has 0 radical (unpaired) electrons. The highest BCUT2D eigenvalue weighted by Crippen LogP contribution is 2.40. The molecule has 7 heteroatoms. The first-order chi connectivity index (χ1) is 14.6. The third-order valence-electron chi connectivity index (χ3n) is 6.06. The Balaban J connectivity index is 1.53. The Kier molecular flexibility index (Phi) is 4.90. The lowest BCUT2D eigenvalue weighted by Gasteiger charge is -2.43. The molecule has 0 aliphatic carbocycles. The Bertz CT molecular complexity index is 1140. The normalized spacial score (nSPS) is 20.0. The quantitative estimate of drug-likeness (QED) is 0.611. The van der Waals surface area contributed by atoms with E-state index in [2.05, 4.69) is 40.5 Å². The monoisotopic (exact) mass is 418 g/mol. The molecule has 30 heavy (non-hydrogen) atoms. The van der Waals surface area contributed by atoms with Crippen LogP contribution >= 0.6 is 11.8 Å². The molecule has 152 valence electrons. The van der Waals surface area contributed by atoms with Crippen LogP contribution in [0.2, 0.25) is 0 Å². The zero-order chi connectivity index (χ0) is 20.7. The van der Waals surface area contributed by atoms with Crippen molar-refractivity contribution in [1.29, 1.82) is 0 Å². The van der Waals surface area contributed by atoms with Gasteiger partial charge >= 0.3 is 0 Å². The fraction of sp³-hybridized carbons (Fsp3) is 0.304. The van der Waals surface area contributed by atoms with Crippen LogP contribution < -0.4 is 5.56 Å². The smallest absolute Gasteiger partial charge is 0.274 e. The van der Waals surface area contributed by atoms with Crippen molar-refractivity contribution in [2.45, 2.75) is 23.8 Å². The number of amides is 1. The standard InChI is InChI=1S/C23H22N4O2S/c1-30-18-4-2-16(3-5-18)19-6-7-21(28)27-13-15-10-17(22(19)27)14-26(12-15)23(29)20-11-24-8-9-25-20/h2-9,11,15,17H,10,12-14H2,1H3/t15-,17+/m0/s1. The first kappa shape index (κ1) is 19.1. The van der Waals surface area contributed by atoms with Gasteiger partial charge in [-0.1, -0.05) is 12.1 Å². The van der Waals surface area contributed by atoms with Gasteiger partial charge in [-0.25, -0.2) is 4.98 Å². The molecule has 0 N–H and O–H groups in total. The van der Waals surface area contributed by atoms with Gasteiger partial charge in [0.2, 0.25) is 0 Å². The number of carbonyl (C=O) groups is 1. The predicted octanol–water partition coefficient (Wildman–Crippen LogP) is 3.29. The lowest BCUT2D eigenvalue weighted by Crippen LogP contribution is -2.49. The summed E-state index contributed by atoms with van der Waals surface area (Å²) in [5.74, 6) is 0.307. The zero-order valence-corrected chi connectivity index (χ0v) is 17.5. The summed E-state index contributed by atoms with van der Waals surface area (Å²) in [6.07, 6.45) is 7.68. The van der Waals surface area contributed by atoms with E-state index in [1.54, 1.807) is 30.2 Å². The van der Waals surface area contributed by atoms with Crippen LogP contribution in [0.3, 0.4) is 0 Å². The van der Waals surface area contributed by atoms with E-state index in [9.17, 15) is 9.59 Å². The van der Waals surface area contributed by atoms with E-state index in [-0.39, 0.29) is 23.3 Å². The highest BCUT2D eigenvalue weighted by atomic mass is 32.2. The van der Waals surface area contributed by atoms with E-state index in [0.717, 1.165) is 23.2 Å². The average Bonchev–Trinajstić information content (AvgIpc) is 2.80. The van der Waals surface area contributed by atoms with Crippen LogP contribution in [0.4, 0.5) is 0 Å². The van der Waals surface area contributed by atoms with Gasteiger partial charge in [-0.3, -0.25) is 14.6 Å². The van der Waals surface area contributed by atoms with E-state index in [1.807, 2.05) is 15.5 Å². The molecule has 5 rings (SSSR count). The zero-order valence-electron chi connectivity index (χ0n) is 16.7. The highest BCUT2D eigenvalue weighted by molar-refractivity contribution is 7.98. The summed E-state index contributed by atoms with van der Waals surface area (Å²) in [6.45, 7) is 1.88. The summed E-state index contributed by atoms with van der Waals surface area (Å²) < 4.78 is 1.93. The molecular formula is C23H22N4O2S. The van der Waals surface area contributed by atoms with Crippen LogP contribution in [-0.4, -0.2) is 44.7 Å². The van der Waals surface area contributed by atoms with E-state index < -0.39 is 0 Å². The van der Waals surface area contributed by atoms with E-state index in [0.29, 0.717) is 25.3 Å². The minimum Gasteiger partial charge on any atom is -0.336 e. The maximum Gasteiger partial charge on any atom is 0.274 e. The van der Waals surface area contributed by atoms with Gasteiger partial charge in [-0.2, -0.15) is 0 Å². The predicted molar refractivity (Wildman–Crippen MR) is 117 cm³/mol. The molecular weight excluding hydrogens is 396 g/mol. The number of carbonyl (C=O) groups excluding carboxylic acids is 1. The third-order valence-corrected chi connectivity index (χ3v) is 6.80. The number of benzene rings is 1. The van der Waals surface area contributed by atoms with Crippen molar-refractivity contribution in [2.75, 3.05) is 19.3 Å². The maximum absolute atomic E-state index is 13.0. The van der Waals surface area contributed by atoms with Gasteiger partial charge in [0.1, 0.15) is 5.69 Å². The van der Waals surface area contributed by atoms with E-state index in [1.165, 1.54) is 11.1 Å². The number of nitrogens with zero attached hydrogens (tertiary/aromatic N) is 4. The van der Waals surface area contributed by atoms with E-state index >= 15 is 0 Å². The van der Waals surface area contributed by atoms with Crippen molar-refractivity contribution >= 4 is 17.7 Å². The molecule has 2 atom stereocenters. The van der Waals surface area contributed by atoms with E-state index in [4.69, 9.17) is 0 Å². The molecule has 2 bridgehead atoms. The first-order valence-electron chi connectivity index (χ1n) is 10.1. The number of fused-ring (bicyclic) bond motifs is 4. The second-order valence-corrected chi connectivity index (χ2v) is 8.79. The van der Waals surface area contributed by atoms with Crippen LogP contribution in [0.1, 0.15) is 28.5 Å². The molecule has 1 saturated heterocycles. The van der Waals surface area contributed by atoms with Crippen LogP contribution in [0.25, 0.3) is 11.1 Å². The van der Waals surface area contributed by atoms with Crippen molar-refractivity contribution in [3.8, 4) is 11.1 Å². The van der Waals surface area contributed by atoms with Gasteiger partial charge in [-0.15, -0.1) is 11.8 Å². The van der Waals surface area contributed by atoms with Crippen LogP contribution in [0.15, 0.2) is 64.7 Å². The number of hydrogen-bond donors (Lipinski definition) is 0. The van der Waals surface area contributed by atoms with Gasteiger partial charge < -0.3 is 9.47 Å². The van der Waals surface area contributed by atoms with Crippen molar-refractivity contribution in [3.63, 3.8) is 0 Å². The number of rotatable bonds is 3. The molecule has 6 nitrogen and oxygen atoms in total. The largest absolute Gasteiger partial charge is 0.336 e. The van der Waals surface area contributed by atoms with Gasteiger partial charge in [0.25, 0.3) is 11.5 Å². The number of likely N-dealkylation sites (tertiary alicyclic amines) is 1. The molecule has 0 spiro atoms. The molecule has 1 amide bonds. The summed E-state index contributed by atoms with van der Waals surface area (Å²) in [6, 6.07) is 12.1. The Labute approximate surface area is 179 Å². The summed E-state index contributed by atoms with van der Waals surface area (Å²) in [4.78, 5) is 37.0. The van der Waals surface area contributed by atoms with Crippen molar-refractivity contribution in [2.24, 2.45) is 5.92 Å². The number of thioether (sulfide) groups is 1. The van der Waals surface area contributed by atoms with Gasteiger partial charge in [0.05, 0.1) is 6.20 Å². The number of piperidine rings is 1. The highest BCUT2D eigenvalue weighted by Gasteiger charge is 2.38. The lowest BCUT2D eigenvalue weighted by molar-refractivity contribution is 0.0589. The molecule has 4 heterocycles. The fourth-order valence-corrected chi connectivity index (χ4v) is 5.18. The van der Waals surface area contributed by atoms with Crippen molar-refractivity contribution in [3.05, 3.63) is 76.7 Å². The van der Waals surface area contributed by atoms with Gasteiger partial charge in [0, 0.05) is 60.2 Å². The minimum atomic E-state index is -0.0876. The molecule has 1 aromatic carbocycles. The minimum absolute atomic E-state index is 0.0397. The van der Waals surface area contributed by atoms with Gasteiger partial charge in [-0.05, 0) is 42.4 Å². The number of aromatic nitrogens is 3. The molecule has 2 aliphatic heterocycles. The molecule has 1 fully saturated rings. The summed E-state index contributed by atoms with van der Waals surface area (Å²) in [5, 5.41) is 0. The SMILES string of the molecule is CSc1ccc(-c2ccc(=O)n3c2[C@@H]2C[C@@H](CN(C(=O)c4cnccn4)C2)C3)cc1. The lowest BCUT2D eigenvalue weighted by atomic mass is 9.80. The second kappa shape index (κ2) is 7.72. The Morgan fingerprint density at radius 2 is 1.90 bits per heavy atom. The fourth-order valence-electron chi connectivity index (χ4n) is 4.77. The molecule has 0 saturated carbocycles. The second-order valence-electron chi connectivity index (χ2n) is 7.91. The van der Waals surface area contributed by atoms with Crippen molar-refractivity contribution in [1.82, 2.24) is 19.4 Å². The summed E-state index contributed by atoms with van der Waals surface area (Å²) >= 11 is 1.71. The Morgan fingerprint density at radius 3 is 2.63 bits per heavy atom. The van der Waals surface area contributed by atoms with Crippen LogP contribution in [0, 0.1) is 5.92 Å². The van der Waals surface area contributed by atoms with Gasteiger partial charge in [0.15, 0.2) is 0 Å². The Morgan fingerprint density at radius 1 is 1.07 bits per heavy atom. The summed E-state index contributed by atoms with van der Waals surface area (Å²) in [5.41, 5.74) is 3.65. The first-order valence-corrected chi connectivity index (χ1v) is 11.3. The third kappa shape index (κ3) is 3.33. The molecule has 2 aliphatic rings. The topological polar surface area (TPSA) is 68.1 Å². The van der Waals surface area contributed by atoms with Crippen molar-refractivity contribution < 1.29 is 4.79 Å².